The lowest BCUT2D eigenvalue weighted by atomic mass is 10.1. The van der Waals surface area contributed by atoms with Crippen molar-refractivity contribution in [2.45, 2.75) is 38.6 Å². The number of fused-ring (bicyclic) bond motifs is 1. The van der Waals surface area contributed by atoms with E-state index >= 15 is 0 Å². The summed E-state index contributed by atoms with van der Waals surface area (Å²) in [6.45, 7) is 1.24. The normalized spacial score (nSPS) is 18.0. The second kappa shape index (κ2) is 9.05. The van der Waals surface area contributed by atoms with Crippen LogP contribution in [0.1, 0.15) is 31.5 Å². The largest absolute Gasteiger partial charge is 0.495 e. The van der Waals surface area contributed by atoms with Gasteiger partial charge in [-0.1, -0.05) is 30.7 Å². The predicted octanol–water partition coefficient (Wildman–Crippen LogP) is 3.67. The molecule has 2 aromatic carbocycles. The molecule has 170 valence electrons. The Morgan fingerprint density at radius 2 is 1.97 bits per heavy atom. The summed E-state index contributed by atoms with van der Waals surface area (Å²) in [5.41, 5.74) is 2.30. The fourth-order valence-electron chi connectivity index (χ4n) is 4.65. The monoisotopic (exact) mass is 445 g/mol. The Morgan fingerprint density at radius 1 is 1.09 bits per heavy atom. The Labute approximate surface area is 192 Å². The third-order valence-corrected chi connectivity index (χ3v) is 6.37. The number of benzene rings is 2. The summed E-state index contributed by atoms with van der Waals surface area (Å²) in [5.74, 6) is 1.79. The van der Waals surface area contributed by atoms with E-state index in [1.807, 2.05) is 48.5 Å². The quantitative estimate of drug-likeness (QED) is 0.647. The van der Waals surface area contributed by atoms with Gasteiger partial charge in [-0.15, -0.1) is 10.2 Å². The number of nitrogens with zero attached hydrogens (tertiary/aromatic N) is 4. The van der Waals surface area contributed by atoms with Crippen LogP contribution in [0.25, 0.3) is 11.4 Å². The SMILES string of the molecule is COc1ccccc1N1CC(C(=O)Nc2cccc(-c3nnc4n3CCCCC4)c2)CC1=O. The topological polar surface area (TPSA) is 89.3 Å². The van der Waals surface area contributed by atoms with Gasteiger partial charge >= 0.3 is 0 Å². The minimum absolute atomic E-state index is 0.0837. The van der Waals surface area contributed by atoms with E-state index in [4.69, 9.17) is 4.74 Å². The van der Waals surface area contributed by atoms with Crippen LogP contribution in [0.4, 0.5) is 11.4 Å². The minimum Gasteiger partial charge on any atom is -0.495 e. The molecule has 8 heteroatoms. The maximum Gasteiger partial charge on any atom is 0.229 e. The van der Waals surface area contributed by atoms with Crippen LogP contribution in [0.3, 0.4) is 0 Å². The van der Waals surface area contributed by atoms with Gasteiger partial charge in [0.25, 0.3) is 0 Å². The molecule has 8 nitrogen and oxygen atoms in total. The van der Waals surface area contributed by atoms with Gasteiger partial charge in [-0.2, -0.15) is 0 Å². The molecule has 1 fully saturated rings. The van der Waals surface area contributed by atoms with Crippen molar-refractivity contribution >= 4 is 23.2 Å². The Kier molecular flexibility index (Phi) is 5.81. The molecule has 1 saturated heterocycles. The van der Waals surface area contributed by atoms with Crippen LogP contribution in [0.2, 0.25) is 0 Å². The lowest BCUT2D eigenvalue weighted by Gasteiger charge is -2.19. The highest BCUT2D eigenvalue weighted by atomic mass is 16.5. The highest BCUT2D eigenvalue weighted by molar-refractivity contribution is 6.04. The van der Waals surface area contributed by atoms with Crippen LogP contribution in [0.15, 0.2) is 48.5 Å². The number of carbonyl (C=O) groups excluding carboxylic acids is 2. The van der Waals surface area contributed by atoms with Crippen LogP contribution < -0.4 is 15.0 Å². The van der Waals surface area contributed by atoms with E-state index in [2.05, 4.69) is 20.1 Å². The van der Waals surface area contributed by atoms with Crippen molar-refractivity contribution in [1.82, 2.24) is 14.8 Å². The second-order valence-electron chi connectivity index (χ2n) is 8.55. The molecule has 1 atom stereocenters. The first-order valence-corrected chi connectivity index (χ1v) is 11.4. The van der Waals surface area contributed by atoms with Crippen LogP contribution >= 0.6 is 0 Å². The van der Waals surface area contributed by atoms with Gasteiger partial charge in [0.1, 0.15) is 11.6 Å². The summed E-state index contributed by atoms with van der Waals surface area (Å²) in [7, 11) is 1.57. The number of anilines is 2. The number of aromatic nitrogens is 3. The third kappa shape index (κ3) is 4.20. The molecule has 0 bridgehead atoms. The molecular formula is C25H27N5O3. The summed E-state index contributed by atoms with van der Waals surface area (Å²) in [5, 5.41) is 11.8. The number of hydrogen-bond donors (Lipinski definition) is 1. The van der Waals surface area contributed by atoms with Gasteiger partial charge in [0.05, 0.1) is 18.7 Å². The van der Waals surface area contributed by atoms with E-state index in [0.29, 0.717) is 23.7 Å². The zero-order valence-electron chi connectivity index (χ0n) is 18.7. The first-order chi connectivity index (χ1) is 16.1. The van der Waals surface area contributed by atoms with E-state index in [9.17, 15) is 9.59 Å². The van der Waals surface area contributed by atoms with Crippen molar-refractivity contribution in [2.75, 3.05) is 23.9 Å². The average Bonchev–Trinajstić information content (AvgIpc) is 3.34. The molecule has 2 aliphatic heterocycles. The summed E-state index contributed by atoms with van der Waals surface area (Å²) in [6, 6.07) is 15.0. The molecule has 1 N–H and O–H groups in total. The van der Waals surface area contributed by atoms with Gasteiger partial charge in [0.15, 0.2) is 5.82 Å². The van der Waals surface area contributed by atoms with Crippen molar-refractivity contribution in [3.63, 3.8) is 0 Å². The fourth-order valence-corrected chi connectivity index (χ4v) is 4.65. The maximum atomic E-state index is 13.0. The third-order valence-electron chi connectivity index (χ3n) is 6.37. The second-order valence-corrected chi connectivity index (χ2v) is 8.55. The Balaban J connectivity index is 1.31. The first kappa shape index (κ1) is 21.2. The van der Waals surface area contributed by atoms with Crippen LogP contribution in [-0.2, 0) is 22.6 Å². The molecule has 5 rings (SSSR count). The van der Waals surface area contributed by atoms with E-state index in [1.165, 1.54) is 6.42 Å². The number of carbonyl (C=O) groups is 2. The molecule has 0 spiro atoms. The number of methoxy groups -OCH3 is 1. The van der Waals surface area contributed by atoms with Crippen LogP contribution in [0.5, 0.6) is 5.75 Å². The van der Waals surface area contributed by atoms with Crippen molar-refractivity contribution in [3.05, 3.63) is 54.4 Å². The molecule has 0 saturated carbocycles. The van der Waals surface area contributed by atoms with Crippen LogP contribution in [0, 0.1) is 5.92 Å². The number of aryl methyl sites for hydroxylation is 1. The molecule has 3 heterocycles. The Morgan fingerprint density at radius 3 is 2.85 bits per heavy atom. The van der Waals surface area contributed by atoms with Gasteiger partial charge in [0, 0.05) is 37.2 Å². The highest BCUT2D eigenvalue weighted by Crippen LogP contribution is 2.33. The van der Waals surface area contributed by atoms with Crippen molar-refractivity contribution in [1.29, 1.82) is 0 Å². The Hall–Kier alpha value is -3.68. The molecule has 2 amide bonds. The molecule has 1 unspecified atom stereocenters. The molecule has 0 radical (unpaired) electrons. The fraction of sp³-hybridized carbons (Fsp3) is 0.360. The minimum atomic E-state index is -0.435. The summed E-state index contributed by atoms with van der Waals surface area (Å²) in [6.07, 6.45) is 4.57. The molecule has 0 aliphatic carbocycles. The predicted molar refractivity (Wildman–Crippen MR) is 125 cm³/mol. The summed E-state index contributed by atoms with van der Waals surface area (Å²) < 4.78 is 7.58. The van der Waals surface area contributed by atoms with Gasteiger partial charge in [0.2, 0.25) is 11.8 Å². The zero-order chi connectivity index (χ0) is 22.8. The molecule has 1 aromatic heterocycles. The highest BCUT2D eigenvalue weighted by Gasteiger charge is 2.36. The van der Waals surface area contributed by atoms with Crippen molar-refractivity contribution in [3.8, 4) is 17.1 Å². The lowest BCUT2D eigenvalue weighted by Crippen LogP contribution is -2.28. The number of amides is 2. The van der Waals surface area contributed by atoms with E-state index in [-0.39, 0.29) is 18.2 Å². The van der Waals surface area contributed by atoms with E-state index < -0.39 is 5.92 Å². The van der Waals surface area contributed by atoms with Gasteiger partial charge in [-0.3, -0.25) is 9.59 Å². The molecule has 3 aromatic rings. The van der Waals surface area contributed by atoms with Gasteiger partial charge in [-0.05, 0) is 37.1 Å². The number of ether oxygens (including phenoxy) is 1. The molecule has 33 heavy (non-hydrogen) atoms. The van der Waals surface area contributed by atoms with E-state index in [0.717, 1.165) is 43.0 Å². The Bertz CT molecular complexity index is 1190. The number of rotatable bonds is 5. The number of nitrogens with one attached hydrogen (secondary N) is 1. The number of hydrogen-bond acceptors (Lipinski definition) is 5. The summed E-state index contributed by atoms with van der Waals surface area (Å²) >= 11 is 0. The lowest BCUT2D eigenvalue weighted by molar-refractivity contribution is -0.122. The molecule has 2 aliphatic rings. The number of para-hydroxylation sites is 2. The summed E-state index contributed by atoms with van der Waals surface area (Å²) in [4.78, 5) is 27.3. The van der Waals surface area contributed by atoms with Crippen LogP contribution in [-0.4, -0.2) is 40.2 Å². The van der Waals surface area contributed by atoms with Crippen molar-refractivity contribution < 1.29 is 14.3 Å². The average molecular weight is 446 g/mol. The van der Waals surface area contributed by atoms with Gasteiger partial charge < -0.3 is 19.5 Å². The maximum absolute atomic E-state index is 13.0. The zero-order valence-corrected chi connectivity index (χ0v) is 18.7. The van der Waals surface area contributed by atoms with Gasteiger partial charge in [-0.25, -0.2) is 0 Å². The first-order valence-electron chi connectivity index (χ1n) is 11.4. The molecular weight excluding hydrogens is 418 g/mol. The van der Waals surface area contributed by atoms with E-state index in [1.54, 1.807) is 12.0 Å². The smallest absolute Gasteiger partial charge is 0.229 e. The van der Waals surface area contributed by atoms with Crippen molar-refractivity contribution in [2.24, 2.45) is 5.92 Å². The standard InChI is InChI=1S/C25H27N5O3/c1-33-21-11-5-4-10-20(21)30-16-18(15-23(30)31)25(32)26-19-9-7-8-17(14-19)24-28-27-22-12-3-2-6-13-29(22)24/h4-5,7-11,14,18H,2-3,6,12-13,15-16H2,1H3,(H,26,32).